The number of hydrogen-bond acceptors (Lipinski definition) is 6. The van der Waals surface area contributed by atoms with Gasteiger partial charge in [0.15, 0.2) is 5.65 Å². The fourth-order valence-corrected chi connectivity index (χ4v) is 4.37. The van der Waals surface area contributed by atoms with Gasteiger partial charge >= 0.3 is 0 Å². The van der Waals surface area contributed by atoms with E-state index in [0.29, 0.717) is 24.3 Å². The van der Waals surface area contributed by atoms with Crippen LogP contribution < -0.4 is 0 Å². The van der Waals surface area contributed by atoms with Crippen LogP contribution in [0.5, 0.6) is 0 Å². The van der Waals surface area contributed by atoms with Gasteiger partial charge < -0.3 is 4.90 Å². The van der Waals surface area contributed by atoms with Crippen molar-refractivity contribution in [2.75, 3.05) is 26.2 Å². The molecule has 148 valence electrons. The third-order valence-electron chi connectivity index (χ3n) is 5.02. The first kappa shape index (κ1) is 19.0. The maximum atomic E-state index is 13.1. The number of piperazine rings is 1. The van der Waals surface area contributed by atoms with Crippen LogP contribution in [0.1, 0.15) is 47.5 Å². The van der Waals surface area contributed by atoms with Crippen molar-refractivity contribution in [2.45, 2.75) is 39.7 Å². The molecule has 3 aromatic rings. The molecule has 1 aliphatic rings. The van der Waals surface area contributed by atoms with Gasteiger partial charge in [0.05, 0.1) is 16.4 Å². The molecule has 1 fully saturated rings. The van der Waals surface area contributed by atoms with Crippen molar-refractivity contribution in [2.24, 2.45) is 0 Å². The molecule has 0 atom stereocenters. The van der Waals surface area contributed by atoms with Crippen LogP contribution in [0.15, 0.2) is 23.8 Å². The van der Waals surface area contributed by atoms with Gasteiger partial charge in [-0.25, -0.2) is 14.5 Å². The molecule has 1 amide bonds. The molecule has 4 heterocycles. The van der Waals surface area contributed by atoms with Crippen LogP contribution in [0.3, 0.4) is 0 Å². The molecule has 0 N–H and O–H groups in total. The molecule has 0 bridgehead atoms. The largest absolute Gasteiger partial charge is 0.336 e. The molecule has 0 saturated carbocycles. The summed E-state index contributed by atoms with van der Waals surface area (Å²) in [4.78, 5) is 26.5. The van der Waals surface area contributed by atoms with Gasteiger partial charge in [-0.15, -0.1) is 11.3 Å². The van der Waals surface area contributed by atoms with Crippen molar-refractivity contribution >= 4 is 22.9 Å². The third kappa shape index (κ3) is 3.66. The van der Waals surface area contributed by atoms with E-state index in [0.717, 1.165) is 31.0 Å². The van der Waals surface area contributed by atoms with Crippen LogP contribution in [0.4, 0.5) is 0 Å². The van der Waals surface area contributed by atoms with Crippen LogP contribution in [-0.2, 0) is 12.0 Å². The number of thiazole rings is 1. The van der Waals surface area contributed by atoms with E-state index in [-0.39, 0.29) is 11.3 Å². The van der Waals surface area contributed by atoms with E-state index >= 15 is 0 Å². The van der Waals surface area contributed by atoms with Gasteiger partial charge in [-0.3, -0.25) is 9.69 Å². The van der Waals surface area contributed by atoms with Gasteiger partial charge in [0.25, 0.3) is 5.91 Å². The first-order chi connectivity index (χ1) is 13.3. The Morgan fingerprint density at radius 1 is 1.21 bits per heavy atom. The molecule has 8 heteroatoms. The summed E-state index contributed by atoms with van der Waals surface area (Å²) in [7, 11) is 0. The standard InChI is InChI=1S/C20H26N6OS/c1-14-16(17-21-6-5-7-26(17)23-14)18(27)25-10-8-24(9-11-25)12-15-13-28-19(22-15)20(2,3)4/h5-7,13H,8-12H2,1-4H3. The molecule has 7 nitrogen and oxygen atoms in total. The maximum absolute atomic E-state index is 13.1. The van der Waals surface area contributed by atoms with Crippen LogP contribution in [0, 0.1) is 6.92 Å². The van der Waals surface area contributed by atoms with E-state index in [2.05, 4.69) is 41.1 Å². The minimum atomic E-state index is 0.0227. The summed E-state index contributed by atoms with van der Waals surface area (Å²) in [5.74, 6) is 0.0227. The Kier molecular flexibility index (Phi) is 4.93. The number of carbonyl (C=O) groups is 1. The van der Waals surface area contributed by atoms with E-state index in [1.807, 2.05) is 24.1 Å². The smallest absolute Gasteiger partial charge is 0.259 e. The molecule has 4 rings (SSSR count). The minimum absolute atomic E-state index is 0.0227. The van der Waals surface area contributed by atoms with E-state index < -0.39 is 0 Å². The lowest BCUT2D eigenvalue weighted by Crippen LogP contribution is -2.48. The molecule has 1 aliphatic heterocycles. The zero-order valence-electron chi connectivity index (χ0n) is 16.8. The zero-order chi connectivity index (χ0) is 19.9. The fraction of sp³-hybridized carbons (Fsp3) is 0.500. The predicted molar refractivity (Wildman–Crippen MR) is 110 cm³/mol. The average Bonchev–Trinajstić information content (AvgIpc) is 3.25. The number of carbonyl (C=O) groups excluding carboxylic acids is 1. The molecule has 0 radical (unpaired) electrons. The highest BCUT2D eigenvalue weighted by atomic mass is 32.1. The topological polar surface area (TPSA) is 66.6 Å². The highest BCUT2D eigenvalue weighted by molar-refractivity contribution is 7.09. The number of hydrogen-bond donors (Lipinski definition) is 0. The third-order valence-corrected chi connectivity index (χ3v) is 6.34. The fourth-order valence-electron chi connectivity index (χ4n) is 3.47. The van der Waals surface area contributed by atoms with Gasteiger partial charge in [0.2, 0.25) is 0 Å². The maximum Gasteiger partial charge on any atom is 0.259 e. The van der Waals surface area contributed by atoms with Crippen molar-refractivity contribution in [3.05, 3.63) is 45.8 Å². The van der Waals surface area contributed by atoms with Crippen molar-refractivity contribution in [1.29, 1.82) is 0 Å². The Morgan fingerprint density at radius 2 is 1.96 bits per heavy atom. The highest BCUT2D eigenvalue weighted by Gasteiger charge is 2.27. The summed E-state index contributed by atoms with van der Waals surface area (Å²) < 4.78 is 1.67. The summed E-state index contributed by atoms with van der Waals surface area (Å²) in [5.41, 5.74) is 3.18. The first-order valence-corrected chi connectivity index (χ1v) is 10.5. The minimum Gasteiger partial charge on any atom is -0.336 e. The molecular formula is C20H26N6OS. The Bertz CT molecular complexity index is 994. The van der Waals surface area contributed by atoms with Crippen molar-refractivity contribution in [3.63, 3.8) is 0 Å². The molecular weight excluding hydrogens is 372 g/mol. The Morgan fingerprint density at radius 3 is 2.64 bits per heavy atom. The molecule has 3 aromatic heterocycles. The quantitative estimate of drug-likeness (QED) is 0.679. The molecule has 0 aromatic carbocycles. The van der Waals surface area contributed by atoms with Gasteiger partial charge in [-0.05, 0) is 13.0 Å². The number of fused-ring (bicyclic) bond motifs is 1. The summed E-state index contributed by atoms with van der Waals surface area (Å²) in [5, 5.41) is 7.74. The number of amides is 1. The first-order valence-electron chi connectivity index (χ1n) is 9.59. The van der Waals surface area contributed by atoms with Gasteiger partial charge in [-0.2, -0.15) is 5.10 Å². The molecule has 0 aliphatic carbocycles. The van der Waals surface area contributed by atoms with Crippen LogP contribution >= 0.6 is 11.3 Å². The highest BCUT2D eigenvalue weighted by Crippen LogP contribution is 2.26. The Hall–Kier alpha value is -2.32. The van der Waals surface area contributed by atoms with Gasteiger partial charge in [0.1, 0.15) is 5.56 Å². The average molecular weight is 399 g/mol. The second kappa shape index (κ2) is 7.25. The lowest BCUT2D eigenvalue weighted by atomic mass is 9.98. The number of rotatable bonds is 3. The van der Waals surface area contributed by atoms with Crippen molar-refractivity contribution in [1.82, 2.24) is 29.4 Å². The summed E-state index contributed by atoms with van der Waals surface area (Å²) in [6, 6.07) is 1.82. The molecule has 1 saturated heterocycles. The lowest BCUT2D eigenvalue weighted by molar-refractivity contribution is 0.0628. The second-order valence-electron chi connectivity index (χ2n) is 8.31. The number of aryl methyl sites for hydroxylation is 1. The van der Waals surface area contributed by atoms with Crippen LogP contribution in [-0.4, -0.2) is 61.5 Å². The molecule has 28 heavy (non-hydrogen) atoms. The van der Waals surface area contributed by atoms with Crippen molar-refractivity contribution in [3.8, 4) is 0 Å². The lowest BCUT2D eigenvalue weighted by Gasteiger charge is -2.34. The van der Waals surface area contributed by atoms with Crippen LogP contribution in [0.2, 0.25) is 0 Å². The van der Waals surface area contributed by atoms with E-state index in [1.165, 1.54) is 5.01 Å². The summed E-state index contributed by atoms with van der Waals surface area (Å²) in [6.07, 6.45) is 3.52. The normalized spacial score (nSPS) is 16.1. The number of aromatic nitrogens is 4. The predicted octanol–water partition coefficient (Wildman–Crippen LogP) is 2.75. The summed E-state index contributed by atoms with van der Waals surface area (Å²) in [6.45, 7) is 12.4. The number of nitrogens with zero attached hydrogens (tertiary/aromatic N) is 6. The second-order valence-corrected chi connectivity index (χ2v) is 9.17. The van der Waals surface area contributed by atoms with Gasteiger partial charge in [0, 0.05) is 55.9 Å². The Labute approximate surface area is 169 Å². The van der Waals surface area contributed by atoms with E-state index in [9.17, 15) is 4.79 Å². The van der Waals surface area contributed by atoms with Gasteiger partial charge in [-0.1, -0.05) is 20.8 Å². The van der Waals surface area contributed by atoms with E-state index in [4.69, 9.17) is 4.98 Å². The molecule has 0 spiro atoms. The van der Waals surface area contributed by atoms with Crippen LogP contribution in [0.25, 0.3) is 5.65 Å². The Balaban J connectivity index is 1.40. The zero-order valence-corrected chi connectivity index (χ0v) is 17.7. The monoisotopic (exact) mass is 398 g/mol. The van der Waals surface area contributed by atoms with Crippen molar-refractivity contribution < 1.29 is 4.79 Å². The SMILES string of the molecule is Cc1nn2cccnc2c1C(=O)N1CCN(Cc2csc(C(C)(C)C)n2)CC1. The van der Waals surface area contributed by atoms with E-state index in [1.54, 1.807) is 22.0 Å². The summed E-state index contributed by atoms with van der Waals surface area (Å²) >= 11 is 1.73. The molecule has 0 unspecified atom stereocenters.